The van der Waals surface area contributed by atoms with E-state index in [0.717, 1.165) is 35.7 Å². The van der Waals surface area contributed by atoms with Crippen LogP contribution in [0.2, 0.25) is 0 Å². The Morgan fingerprint density at radius 2 is 1.81 bits per heavy atom. The molecule has 0 saturated carbocycles. The topological polar surface area (TPSA) is 79.4 Å². The van der Waals surface area contributed by atoms with Gasteiger partial charge in [-0.3, -0.25) is 9.97 Å². The van der Waals surface area contributed by atoms with Gasteiger partial charge in [-0.25, -0.2) is 9.97 Å². The van der Waals surface area contributed by atoms with E-state index in [1.807, 2.05) is 42.6 Å². The summed E-state index contributed by atoms with van der Waals surface area (Å²) in [7, 11) is 0. The molecule has 0 aliphatic carbocycles. The Bertz CT molecular complexity index is 1250. The lowest BCUT2D eigenvalue weighted by atomic mass is 10.1. The monoisotopic (exact) mass is 406 g/mol. The van der Waals surface area contributed by atoms with Crippen molar-refractivity contribution in [2.45, 2.75) is 13.3 Å². The van der Waals surface area contributed by atoms with E-state index in [-0.39, 0.29) is 0 Å². The van der Waals surface area contributed by atoms with E-state index in [1.165, 1.54) is 22.2 Å². The molecule has 0 aliphatic heterocycles. The summed E-state index contributed by atoms with van der Waals surface area (Å²) in [6, 6.07) is 20.0. The Hall–Kier alpha value is -4.06. The summed E-state index contributed by atoms with van der Waals surface area (Å²) in [5.74, 6) is 1.36. The minimum absolute atomic E-state index is 0.590. The molecule has 2 N–H and O–H groups in total. The summed E-state index contributed by atoms with van der Waals surface area (Å²) in [6.07, 6.45) is 6.21. The quantitative estimate of drug-likeness (QED) is 0.413. The highest BCUT2D eigenvalue weighted by molar-refractivity contribution is 5.84. The number of aromatic nitrogens is 5. The molecule has 6 nitrogen and oxygen atoms in total. The second kappa shape index (κ2) is 8.36. The lowest BCUT2D eigenvalue weighted by molar-refractivity contribution is 0.993. The fourth-order valence-electron chi connectivity index (χ4n) is 3.78. The van der Waals surface area contributed by atoms with Crippen molar-refractivity contribution in [3.8, 4) is 22.8 Å². The van der Waals surface area contributed by atoms with Crippen LogP contribution in [-0.2, 0) is 6.42 Å². The van der Waals surface area contributed by atoms with Crippen LogP contribution in [0.5, 0.6) is 0 Å². The summed E-state index contributed by atoms with van der Waals surface area (Å²) >= 11 is 0. The zero-order valence-corrected chi connectivity index (χ0v) is 17.2. The lowest BCUT2D eigenvalue weighted by Crippen LogP contribution is -2.08. The van der Waals surface area contributed by atoms with Crippen molar-refractivity contribution in [1.82, 2.24) is 24.9 Å². The first-order valence-corrected chi connectivity index (χ1v) is 10.3. The van der Waals surface area contributed by atoms with E-state index in [9.17, 15) is 0 Å². The van der Waals surface area contributed by atoms with Gasteiger partial charge in [0.15, 0.2) is 5.82 Å². The molecule has 0 unspecified atom stereocenters. The number of para-hydroxylation sites is 1. The van der Waals surface area contributed by atoms with Gasteiger partial charge in [0, 0.05) is 53.4 Å². The van der Waals surface area contributed by atoms with Crippen LogP contribution in [0.15, 0.2) is 79.3 Å². The summed E-state index contributed by atoms with van der Waals surface area (Å²) in [6.45, 7) is 2.88. The Kier molecular flexibility index (Phi) is 5.10. The van der Waals surface area contributed by atoms with Gasteiger partial charge in [0.1, 0.15) is 11.5 Å². The highest BCUT2D eigenvalue weighted by Gasteiger charge is 2.11. The number of pyridine rings is 2. The number of H-pyrrole nitrogens is 1. The molecule has 152 valence electrons. The van der Waals surface area contributed by atoms with Crippen LogP contribution in [0.3, 0.4) is 0 Å². The maximum atomic E-state index is 4.73. The number of nitrogens with zero attached hydrogens (tertiary/aromatic N) is 4. The minimum Gasteiger partial charge on any atom is -0.370 e. The zero-order chi connectivity index (χ0) is 21.0. The van der Waals surface area contributed by atoms with Gasteiger partial charge in [0.25, 0.3) is 0 Å². The van der Waals surface area contributed by atoms with Crippen molar-refractivity contribution in [3.05, 3.63) is 90.5 Å². The molecular formula is C25H22N6. The van der Waals surface area contributed by atoms with E-state index >= 15 is 0 Å². The normalized spacial score (nSPS) is 11.0. The minimum atomic E-state index is 0.590. The maximum Gasteiger partial charge on any atom is 0.180 e. The second-order valence-electron chi connectivity index (χ2n) is 7.37. The van der Waals surface area contributed by atoms with E-state index in [1.54, 1.807) is 12.4 Å². The number of anilines is 1. The predicted molar refractivity (Wildman–Crippen MR) is 124 cm³/mol. The third-order valence-corrected chi connectivity index (χ3v) is 5.29. The number of aryl methyl sites for hydroxylation is 1. The van der Waals surface area contributed by atoms with E-state index in [0.29, 0.717) is 5.82 Å². The van der Waals surface area contributed by atoms with Crippen LogP contribution in [-0.4, -0.2) is 31.5 Å². The SMILES string of the molecule is Cc1[nH]c2ccccc2c1CCNc1cc(-c2cccnc2)nc(-c2ccccn2)n1. The van der Waals surface area contributed by atoms with Gasteiger partial charge < -0.3 is 10.3 Å². The first-order chi connectivity index (χ1) is 15.3. The number of hydrogen-bond acceptors (Lipinski definition) is 5. The Morgan fingerprint density at radius 3 is 2.65 bits per heavy atom. The van der Waals surface area contributed by atoms with Crippen LogP contribution >= 0.6 is 0 Å². The molecule has 0 atom stereocenters. The molecule has 5 aromatic rings. The molecule has 0 radical (unpaired) electrons. The summed E-state index contributed by atoms with van der Waals surface area (Å²) in [5, 5.41) is 4.75. The third kappa shape index (κ3) is 4.00. The van der Waals surface area contributed by atoms with Gasteiger partial charge in [-0.2, -0.15) is 0 Å². The molecule has 0 aliphatic rings. The molecular weight excluding hydrogens is 384 g/mol. The number of aromatic amines is 1. The average molecular weight is 406 g/mol. The van der Waals surface area contributed by atoms with Gasteiger partial charge in [-0.15, -0.1) is 0 Å². The average Bonchev–Trinajstić information content (AvgIpc) is 3.15. The molecule has 0 bridgehead atoms. The van der Waals surface area contributed by atoms with Gasteiger partial charge in [-0.05, 0) is 49.2 Å². The van der Waals surface area contributed by atoms with Crippen molar-refractivity contribution in [2.75, 3.05) is 11.9 Å². The fraction of sp³-hybridized carbons (Fsp3) is 0.120. The van der Waals surface area contributed by atoms with Crippen LogP contribution in [0.4, 0.5) is 5.82 Å². The first-order valence-electron chi connectivity index (χ1n) is 10.3. The third-order valence-electron chi connectivity index (χ3n) is 5.29. The molecule has 0 spiro atoms. The smallest absolute Gasteiger partial charge is 0.180 e. The summed E-state index contributed by atoms with van der Waals surface area (Å²) < 4.78 is 0. The molecule has 1 aromatic carbocycles. The largest absolute Gasteiger partial charge is 0.370 e. The highest BCUT2D eigenvalue weighted by atomic mass is 15.0. The number of rotatable bonds is 6. The molecule has 0 fully saturated rings. The fourth-order valence-corrected chi connectivity index (χ4v) is 3.78. The van der Waals surface area contributed by atoms with Crippen LogP contribution in [0, 0.1) is 6.92 Å². The van der Waals surface area contributed by atoms with Gasteiger partial charge >= 0.3 is 0 Å². The number of nitrogens with one attached hydrogen (secondary N) is 2. The highest BCUT2D eigenvalue weighted by Crippen LogP contribution is 2.24. The molecule has 4 aromatic heterocycles. The summed E-state index contributed by atoms with van der Waals surface area (Å²) in [5.41, 5.74) is 6.20. The van der Waals surface area contributed by atoms with Crippen LogP contribution < -0.4 is 5.32 Å². The van der Waals surface area contributed by atoms with Crippen molar-refractivity contribution < 1.29 is 0 Å². The summed E-state index contributed by atoms with van der Waals surface area (Å²) in [4.78, 5) is 21.6. The van der Waals surface area contributed by atoms with Crippen LogP contribution in [0.1, 0.15) is 11.3 Å². The van der Waals surface area contributed by atoms with E-state index in [2.05, 4.69) is 51.5 Å². The van der Waals surface area contributed by atoms with Crippen molar-refractivity contribution in [2.24, 2.45) is 0 Å². The first kappa shape index (κ1) is 18.9. The second-order valence-corrected chi connectivity index (χ2v) is 7.37. The molecule has 0 amide bonds. The maximum absolute atomic E-state index is 4.73. The number of hydrogen-bond donors (Lipinski definition) is 2. The van der Waals surface area contributed by atoms with Crippen molar-refractivity contribution in [3.63, 3.8) is 0 Å². The van der Waals surface area contributed by atoms with Gasteiger partial charge in [-0.1, -0.05) is 24.3 Å². The van der Waals surface area contributed by atoms with Crippen molar-refractivity contribution >= 4 is 16.7 Å². The Morgan fingerprint density at radius 1 is 0.903 bits per heavy atom. The molecule has 4 heterocycles. The van der Waals surface area contributed by atoms with Gasteiger partial charge in [0.05, 0.1) is 5.69 Å². The van der Waals surface area contributed by atoms with Gasteiger partial charge in [0.2, 0.25) is 0 Å². The lowest BCUT2D eigenvalue weighted by Gasteiger charge is -2.10. The van der Waals surface area contributed by atoms with Crippen LogP contribution in [0.25, 0.3) is 33.7 Å². The molecule has 5 rings (SSSR count). The Balaban J connectivity index is 1.43. The Labute approximate surface area is 180 Å². The number of benzene rings is 1. The van der Waals surface area contributed by atoms with E-state index in [4.69, 9.17) is 9.97 Å². The van der Waals surface area contributed by atoms with Crippen molar-refractivity contribution in [1.29, 1.82) is 0 Å². The molecule has 0 saturated heterocycles. The predicted octanol–water partition coefficient (Wildman–Crippen LogP) is 5.04. The molecule has 31 heavy (non-hydrogen) atoms. The number of fused-ring (bicyclic) bond motifs is 1. The zero-order valence-electron chi connectivity index (χ0n) is 17.2. The van der Waals surface area contributed by atoms with E-state index < -0.39 is 0 Å². The molecule has 6 heteroatoms. The standard InChI is InChI=1S/C25H22N6/c1-17-19(20-8-2-3-9-21(20)29-17)11-14-28-24-15-23(18-7-6-12-26-16-18)30-25(31-24)22-10-4-5-13-27-22/h2-10,12-13,15-16,29H,11,14H2,1H3,(H,28,30,31).